The Morgan fingerprint density at radius 2 is 2.32 bits per heavy atom. The third-order valence-electron chi connectivity index (χ3n) is 2.97. The Kier molecular flexibility index (Phi) is 5.15. The van der Waals surface area contributed by atoms with Gasteiger partial charge in [0.25, 0.3) is 0 Å². The van der Waals surface area contributed by atoms with Crippen molar-refractivity contribution < 1.29 is 14.3 Å². The van der Waals surface area contributed by atoms with Gasteiger partial charge in [0.2, 0.25) is 0 Å². The SMILES string of the molecule is COC(=O)c1nc(NCCCOCC2CC2)sc1C. The molecule has 2 rings (SSSR count). The number of carbonyl (C=O) groups is 1. The zero-order valence-electron chi connectivity index (χ0n) is 11.4. The third-order valence-corrected chi connectivity index (χ3v) is 3.90. The molecule has 0 amide bonds. The fraction of sp³-hybridized carbons (Fsp3) is 0.692. The number of rotatable bonds is 8. The van der Waals surface area contributed by atoms with Gasteiger partial charge < -0.3 is 14.8 Å². The monoisotopic (exact) mass is 284 g/mol. The Labute approximate surface area is 117 Å². The Morgan fingerprint density at radius 1 is 1.53 bits per heavy atom. The van der Waals surface area contributed by atoms with Crippen molar-refractivity contribution >= 4 is 22.4 Å². The summed E-state index contributed by atoms with van der Waals surface area (Å²) in [6.45, 7) is 4.35. The lowest BCUT2D eigenvalue weighted by Gasteiger charge is -2.03. The average Bonchev–Trinajstić information content (AvgIpc) is 3.15. The molecule has 1 aromatic rings. The first-order chi connectivity index (χ1) is 9.20. The zero-order valence-corrected chi connectivity index (χ0v) is 12.2. The number of carbonyl (C=O) groups excluding carboxylic acids is 1. The molecule has 0 radical (unpaired) electrons. The number of hydrogen-bond donors (Lipinski definition) is 1. The van der Waals surface area contributed by atoms with Gasteiger partial charge in [-0.3, -0.25) is 0 Å². The summed E-state index contributed by atoms with van der Waals surface area (Å²) in [6.07, 6.45) is 3.60. The number of nitrogens with zero attached hydrogens (tertiary/aromatic N) is 1. The van der Waals surface area contributed by atoms with Gasteiger partial charge in [0, 0.05) is 24.6 Å². The smallest absolute Gasteiger partial charge is 0.357 e. The van der Waals surface area contributed by atoms with Crippen LogP contribution < -0.4 is 5.32 Å². The molecule has 1 N–H and O–H groups in total. The highest BCUT2D eigenvalue weighted by atomic mass is 32.1. The highest BCUT2D eigenvalue weighted by Crippen LogP contribution is 2.28. The van der Waals surface area contributed by atoms with E-state index in [4.69, 9.17) is 4.74 Å². The quantitative estimate of drug-likeness (QED) is 0.587. The van der Waals surface area contributed by atoms with Crippen molar-refractivity contribution in [2.24, 2.45) is 5.92 Å². The summed E-state index contributed by atoms with van der Waals surface area (Å²) in [4.78, 5) is 16.5. The van der Waals surface area contributed by atoms with Crippen molar-refractivity contribution in [3.63, 3.8) is 0 Å². The molecule has 0 bridgehead atoms. The van der Waals surface area contributed by atoms with Gasteiger partial charge >= 0.3 is 5.97 Å². The second kappa shape index (κ2) is 6.86. The molecule has 1 saturated carbocycles. The van der Waals surface area contributed by atoms with E-state index in [9.17, 15) is 4.79 Å². The lowest BCUT2D eigenvalue weighted by Crippen LogP contribution is -2.07. The van der Waals surface area contributed by atoms with Crippen LogP contribution >= 0.6 is 11.3 Å². The third kappa shape index (κ3) is 4.47. The van der Waals surface area contributed by atoms with E-state index in [0.29, 0.717) is 5.69 Å². The summed E-state index contributed by atoms with van der Waals surface area (Å²) < 4.78 is 10.2. The molecule has 1 aliphatic rings. The molecule has 106 valence electrons. The van der Waals surface area contributed by atoms with Crippen LogP contribution in [0.3, 0.4) is 0 Å². The molecule has 0 unspecified atom stereocenters. The number of anilines is 1. The standard InChI is InChI=1S/C13H20N2O3S/c1-9-11(12(16)17-2)15-13(19-9)14-6-3-7-18-8-10-4-5-10/h10H,3-8H2,1-2H3,(H,14,15). The Balaban J connectivity index is 1.65. The average molecular weight is 284 g/mol. The molecule has 1 aliphatic carbocycles. The first-order valence-electron chi connectivity index (χ1n) is 6.58. The van der Waals surface area contributed by atoms with Gasteiger partial charge in [0.1, 0.15) is 0 Å². The van der Waals surface area contributed by atoms with Crippen LogP contribution in [0.4, 0.5) is 5.13 Å². The fourth-order valence-electron chi connectivity index (χ4n) is 1.66. The van der Waals surface area contributed by atoms with Crippen LogP contribution in [0, 0.1) is 12.8 Å². The summed E-state index contributed by atoms with van der Waals surface area (Å²) in [6, 6.07) is 0. The van der Waals surface area contributed by atoms with Crippen LogP contribution in [0.25, 0.3) is 0 Å². The summed E-state index contributed by atoms with van der Waals surface area (Å²) >= 11 is 1.47. The lowest BCUT2D eigenvalue weighted by molar-refractivity contribution is 0.0594. The van der Waals surface area contributed by atoms with Crippen molar-refractivity contribution in [1.82, 2.24) is 4.98 Å². The molecule has 0 spiro atoms. The van der Waals surface area contributed by atoms with Gasteiger partial charge in [-0.15, -0.1) is 11.3 Å². The van der Waals surface area contributed by atoms with Gasteiger partial charge in [0.15, 0.2) is 10.8 Å². The van der Waals surface area contributed by atoms with Crippen molar-refractivity contribution in [3.8, 4) is 0 Å². The number of methoxy groups -OCH3 is 1. The fourth-order valence-corrected chi connectivity index (χ4v) is 2.49. The predicted octanol–water partition coefficient (Wildman–Crippen LogP) is 2.47. The zero-order chi connectivity index (χ0) is 13.7. The summed E-state index contributed by atoms with van der Waals surface area (Å²) in [5.74, 6) is 0.437. The van der Waals surface area contributed by atoms with Crippen molar-refractivity contribution in [2.45, 2.75) is 26.2 Å². The predicted molar refractivity (Wildman–Crippen MR) is 74.8 cm³/mol. The molecule has 0 saturated heterocycles. The normalized spacial score (nSPS) is 14.4. The number of aryl methyl sites for hydroxylation is 1. The van der Waals surface area contributed by atoms with Gasteiger partial charge in [-0.05, 0) is 32.1 Å². The maximum absolute atomic E-state index is 11.4. The van der Waals surface area contributed by atoms with E-state index in [2.05, 4.69) is 15.0 Å². The Morgan fingerprint density at radius 3 is 3.00 bits per heavy atom. The molecule has 1 heterocycles. The first-order valence-corrected chi connectivity index (χ1v) is 7.39. The van der Waals surface area contributed by atoms with E-state index in [1.54, 1.807) is 0 Å². The number of ether oxygens (including phenoxy) is 2. The first kappa shape index (κ1) is 14.3. The summed E-state index contributed by atoms with van der Waals surface area (Å²) in [5, 5.41) is 3.97. The molecule has 1 fully saturated rings. The van der Waals surface area contributed by atoms with Crippen molar-refractivity contribution in [3.05, 3.63) is 10.6 Å². The van der Waals surface area contributed by atoms with Crippen LogP contribution in [0.1, 0.15) is 34.6 Å². The van der Waals surface area contributed by atoms with Crippen LogP contribution in [0.2, 0.25) is 0 Å². The molecule has 19 heavy (non-hydrogen) atoms. The van der Waals surface area contributed by atoms with Gasteiger partial charge in [-0.2, -0.15) is 0 Å². The van der Waals surface area contributed by atoms with Crippen molar-refractivity contribution in [1.29, 1.82) is 0 Å². The number of esters is 1. The van der Waals surface area contributed by atoms with E-state index in [1.807, 2.05) is 6.92 Å². The van der Waals surface area contributed by atoms with Gasteiger partial charge in [0.05, 0.1) is 7.11 Å². The minimum atomic E-state index is -0.380. The molecule has 5 nitrogen and oxygen atoms in total. The minimum Gasteiger partial charge on any atom is -0.464 e. The van der Waals surface area contributed by atoms with Crippen molar-refractivity contribution in [2.75, 3.05) is 32.2 Å². The molecular formula is C13H20N2O3S. The maximum Gasteiger partial charge on any atom is 0.357 e. The van der Waals surface area contributed by atoms with Crippen LogP contribution in [0.15, 0.2) is 0 Å². The summed E-state index contributed by atoms with van der Waals surface area (Å²) in [7, 11) is 1.37. The largest absolute Gasteiger partial charge is 0.464 e. The second-order valence-corrected chi connectivity index (χ2v) is 5.92. The number of aromatic nitrogens is 1. The Bertz CT molecular complexity index is 430. The molecule has 1 aromatic heterocycles. The van der Waals surface area contributed by atoms with Crippen LogP contribution in [-0.4, -0.2) is 37.8 Å². The minimum absolute atomic E-state index is 0.380. The van der Waals surface area contributed by atoms with E-state index < -0.39 is 0 Å². The molecular weight excluding hydrogens is 264 g/mol. The number of thiazole rings is 1. The number of hydrogen-bond acceptors (Lipinski definition) is 6. The highest BCUT2D eigenvalue weighted by molar-refractivity contribution is 7.15. The maximum atomic E-state index is 11.4. The van der Waals surface area contributed by atoms with Gasteiger partial charge in [-0.1, -0.05) is 0 Å². The van der Waals surface area contributed by atoms with E-state index >= 15 is 0 Å². The number of nitrogens with one attached hydrogen (secondary N) is 1. The summed E-state index contributed by atoms with van der Waals surface area (Å²) in [5.41, 5.74) is 0.403. The topological polar surface area (TPSA) is 60.5 Å². The lowest BCUT2D eigenvalue weighted by atomic mass is 10.4. The molecule has 0 atom stereocenters. The second-order valence-electron chi connectivity index (χ2n) is 4.71. The van der Waals surface area contributed by atoms with Gasteiger partial charge in [-0.25, -0.2) is 9.78 Å². The highest BCUT2D eigenvalue weighted by Gasteiger charge is 2.20. The Hall–Kier alpha value is -1.14. The molecule has 6 heteroatoms. The van der Waals surface area contributed by atoms with Crippen LogP contribution in [-0.2, 0) is 9.47 Å². The van der Waals surface area contributed by atoms with E-state index in [1.165, 1.54) is 31.3 Å². The molecule has 0 aliphatic heterocycles. The molecule has 0 aromatic carbocycles. The van der Waals surface area contributed by atoms with E-state index in [-0.39, 0.29) is 5.97 Å². The van der Waals surface area contributed by atoms with E-state index in [0.717, 1.165) is 42.1 Å². The van der Waals surface area contributed by atoms with Crippen LogP contribution in [0.5, 0.6) is 0 Å².